The number of benzene rings is 1. The van der Waals surface area contributed by atoms with Crippen molar-refractivity contribution in [3.8, 4) is 5.88 Å². The van der Waals surface area contributed by atoms with Gasteiger partial charge < -0.3 is 9.30 Å². The quantitative estimate of drug-likeness (QED) is 0.658. The molecular weight excluding hydrogens is 337 g/mol. The summed E-state index contributed by atoms with van der Waals surface area (Å²) in [5, 5.41) is 0. The lowest BCUT2D eigenvalue weighted by atomic mass is 10.2. The van der Waals surface area contributed by atoms with Crippen molar-refractivity contribution < 1.29 is 9.13 Å². The van der Waals surface area contributed by atoms with Crippen molar-refractivity contribution in [2.75, 3.05) is 7.11 Å². The highest BCUT2D eigenvalue weighted by molar-refractivity contribution is 5.71. The Hall–Kier alpha value is -2.96. The van der Waals surface area contributed by atoms with E-state index in [4.69, 9.17) is 4.74 Å². The monoisotopic (exact) mass is 357 g/mol. The van der Waals surface area contributed by atoms with Crippen LogP contribution in [0.4, 0.5) is 4.39 Å². The fourth-order valence-electron chi connectivity index (χ4n) is 2.85. The van der Waals surface area contributed by atoms with E-state index in [1.807, 2.05) is 13.8 Å². The first-order valence-electron chi connectivity index (χ1n) is 8.33. The standard InChI is InChI=1S/C19H20FN3O3/c1-12(2)10-22-15-8-9-16(26-3)21-17(15)23(19(25)18(22)24)11-13-4-6-14(20)7-5-13/h4-9,12H,10-11H2,1-3H3. The van der Waals surface area contributed by atoms with Gasteiger partial charge in [-0.15, -0.1) is 0 Å². The Bertz CT molecular complexity index is 1050. The van der Waals surface area contributed by atoms with Gasteiger partial charge >= 0.3 is 11.1 Å². The van der Waals surface area contributed by atoms with Crippen LogP contribution in [0.1, 0.15) is 19.4 Å². The minimum atomic E-state index is -0.664. The molecule has 0 atom stereocenters. The number of rotatable bonds is 5. The van der Waals surface area contributed by atoms with Crippen molar-refractivity contribution in [2.24, 2.45) is 5.92 Å². The van der Waals surface area contributed by atoms with Gasteiger partial charge in [0.1, 0.15) is 5.82 Å². The molecule has 0 saturated heterocycles. The molecule has 3 aromatic rings. The topological polar surface area (TPSA) is 66.1 Å². The molecule has 0 unspecified atom stereocenters. The molecule has 26 heavy (non-hydrogen) atoms. The molecule has 0 aliphatic heterocycles. The van der Waals surface area contributed by atoms with Crippen LogP contribution in [0.15, 0.2) is 46.0 Å². The molecule has 0 amide bonds. The molecule has 0 aliphatic rings. The van der Waals surface area contributed by atoms with E-state index in [0.29, 0.717) is 29.2 Å². The summed E-state index contributed by atoms with van der Waals surface area (Å²) in [6.45, 7) is 4.47. The Balaban J connectivity index is 2.27. The summed E-state index contributed by atoms with van der Waals surface area (Å²) >= 11 is 0. The van der Waals surface area contributed by atoms with Crippen LogP contribution in [-0.4, -0.2) is 21.2 Å². The Morgan fingerprint density at radius 1 is 1.04 bits per heavy atom. The van der Waals surface area contributed by atoms with Crippen LogP contribution in [0.5, 0.6) is 5.88 Å². The van der Waals surface area contributed by atoms with E-state index in [1.165, 1.54) is 28.4 Å². The van der Waals surface area contributed by atoms with E-state index < -0.39 is 11.1 Å². The Morgan fingerprint density at radius 2 is 1.69 bits per heavy atom. The van der Waals surface area contributed by atoms with Gasteiger partial charge in [0.05, 0.1) is 19.2 Å². The third kappa shape index (κ3) is 3.37. The molecule has 0 radical (unpaired) electrons. The first-order valence-corrected chi connectivity index (χ1v) is 8.33. The molecule has 136 valence electrons. The summed E-state index contributed by atoms with van der Waals surface area (Å²) in [6.07, 6.45) is 0. The molecule has 0 spiro atoms. The lowest BCUT2D eigenvalue weighted by Gasteiger charge is -2.16. The SMILES string of the molecule is COc1ccc2c(n1)n(Cc1ccc(F)cc1)c(=O)c(=O)n2CC(C)C. The number of halogens is 1. The third-order valence-electron chi connectivity index (χ3n) is 4.06. The molecule has 6 nitrogen and oxygen atoms in total. The molecule has 2 heterocycles. The zero-order chi connectivity index (χ0) is 18.8. The summed E-state index contributed by atoms with van der Waals surface area (Å²) in [6, 6.07) is 9.17. The average Bonchev–Trinajstić information content (AvgIpc) is 2.63. The number of ether oxygens (including phenoxy) is 1. The summed E-state index contributed by atoms with van der Waals surface area (Å²) in [5.41, 5.74) is 0.356. The molecule has 0 saturated carbocycles. The third-order valence-corrected chi connectivity index (χ3v) is 4.06. The summed E-state index contributed by atoms with van der Waals surface area (Å²) in [5.74, 6) is 0.169. The first kappa shape index (κ1) is 17.8. The predicted molar refractivity (Wildman–Crippen MR) is 97.2 cm³/mol. The fourth-order valence-corrected chi connectivity index (χ4v) is 2.85. The van der Waals surface area contributed by atoms with Gasteiger partial charge in [0.25, 0.3) is 0 Å². The molecular formula is C19H20FN3O3. The Kier molecular flexibility index (Phi) is 4.88. The van der Waals surface area contributed by atoms with Gasteiger partial charge in [-0.05, 0) is 29.7 Å². The van der Waals surface area contributed by atoms with E-state index in [1.54, 1.807) is 24.3 Å². The van der Waals surface area contributed by atoms with Crippen molar-refractivity contribution in [3.63, 3.8) is 0 Å². The van der Waals surface area contributed by atoms with Crippen LogP contribution in [-0.2, 0) is 13.1 Å². The molecule has 3 rings (SSSR count). The van der Waals surface area contributed by atoms with Crippen molar-refractivity contribution in [1.82, 2.24) is 14.1 Å². The summed E-state index contributed by atoms with van der Waals surface area (Å²) in [4.78, 5) is 29.8. The van der Waals surface area contributed by atoms with Crippen molar-refractivity contribution in [1.29, 1.82) is 0 Å². The lowest BCUT2D eigenvalue weighted by Crippen LogP contribution is -2.42. The molecule has 7 heteroatoms. The maximum absolute atomic E-state index is 13.1. The Morgan fingerprint density at radius 3 is 2.31 bits per heavy atom. The van der Waals surface area contributed by atoms with Crippen LogP contribution in [0.25, 0.3) is 11.2 Å². The van der Waals surface area contributed by atoms with Gasteiger partial charge in [-0.3, -0.25) is 14.2 Å². The van der Waals surface area contributed by atoms with E-state index in [2.05, 4.69) is 4.98 Å². The maximum atomic E-state index is 13.1. The second-order valence-electron chi connectivity index (χ2n) is 6.52. The average molecular weight is 357 g/mol. The normalized spacial score (nSPS) is 11.3. The molecule has 2 aromatic heterocycles. The number of fused-ring (bicyclic) bond motifs is 1. The highest BCUT2D eigenvalue weighted by Crippen LogP contribution is 2.16. The number of nitrogens with zero attached hydrogens (tertiary/aromatic N) is 3. The Labute approximate surface area is 149 Å². The highest BCUT2D eigenvalue weighted by Gasteiger charge is 2.16. The van der Waals surface area contributed by atoms with Crippen LogP contribution in [0.2, 0.25) is 0 Å². The van der Waals surface area contributed by atoms with E-state index >= 15 is 0 Å². The molecule has 0 aliphatic carbocycles. The minimum absolute atomic E-state index is 0.119. The van der Waals surface area contributed by atoms with Gasteiger partial charge in [0, 0.05) is 12.6 Å². The van der Waals surface area contributed by atoms with E-state index in [-0.39, 0.29) is 18.3 Å². The van der Waals surface area contributed by atoms with Crippen molar-refractivity contribution in [3.05, 3.63) is 68.5 Å². The summed E-state index contributed by atoms with van der Waals surface area (Å²) in [7, 11) is 1.49. The predicted octanol–water partition coefficient (Wildman–Crippen LogP) is 2.41. The van der Waals surface area contributed by atoms with Gasteiger partial charge in [-0.1, -0.05) is 26.0 Å². The number of hydrogen-bond donors (Lipinski definition) is 0. The van der Waals surface area contributed by atoms with Crippen LogP contribution >= 0.6 is 0 Å². The van der Waals surface area contributed by atoms with Gasteiger partial charge in [0.15, 0.2) is 5.65 Å². The van der Waals surface area contributed by atoms with Crippen LogP contribution in [0.3, 0.4) is 0 Å². The maximum Gasteiger partial charge on any atom is 0.318 e. The summed E-state index contributed by atoms with van der Waals surface area (Å²) < 4.78 is 21.1. The first-order chi connectivity index (χ1) is 12.4. The molecule has 1 aromatic carbocycles. The minimum Gasteiger partial charge on any atom is -0.481 e. The van der Waals surface area contributed by atoms with Gasteiger partial charge in [-0.2, -0.15) is 4.98 Å². The van der Waals surface area contributed by atoms with Crippen LogP contribution in [0, 0.1) is 11.7 Å². The number of hydrogen-bond acceptors (Lipinski definition) is 4. The zero-order valence-electron chi connectivity index (χ0n) is 14.9. The molecule has 0 fully saturated rings. The van der Waals surface area contributed by atoms with E-state index in [0.717, 1.165) is 0 Å². The lowest BCUT2D eigenvalue weighted by molar-refractivity contribution is 0.398. The second-order valence-corrected chi connectivity index (χ2v) is 6.52. The van der Waals surface area contributed by atoms with Gasteiger partial charge in [0.2, 0.25) is 5.88 Å². The largest absolute Gasteiger partial charge is 0.481 e. The van der Waals surface area contributed by atoms with Gasteiger partial charge in [-0.25, -0.2) is 4.39 Å². The second kappa shape index (κ2) is 7.11. The van der Waals surface area contributed by atoms with Crippen molar-refractivity contribution in [2.45, 2.75) is 26.9 Å². The fraction of sp³-hybridized carbons (Fsp3) is 0.316. The van der Waals surface area contributed by atoms with Crippen LogP contribution < -0.4 is 15.9 Å². The van der Waals surface area contributed by atoms with Crippen molar-refractivity contribution >= 4 is 11.2 Å². The van der Waals surface area contributed by atoms with E-state index in [9.17, 15) is 14.0 Å². The highest BCUT2D eigenvalue weighted by atomic mass is 19.1. The molecule has 0 N–H and O–H groups in total. The number of aromatic nitrogens is 3. The molecule has 0 bridgehead atoms. The smallest absolute Gasteiger partial charge is 0.318 e. The number of methoxy groups -OCH3 is 1. The zero-order valence-corrected chi connectivity index (χ0v) is 14.9. The number of pyridine rings is 1.